The van der Waals surface area contributed by atoms with Gasteiger partial charge >= 0.3 is 0 Å². The predicted molar refractivity (Wildman–Crippen MR) is 81.6 cm³/mol. The Morgan fingerprint density at radius 3 is 2.75 bits per heavy atom. The van der Waals surface area contributed by atoms with Crippen LogP contribution >= 0.6 is 11.3 Å². The monoisotopic (exact) mass is 289 g/mol. The number of fused-ring (bicyclic) bond motifs is 1. The van der Waals surface area contributed by atoms with Crippen molar-refractivity contribution in [2.45, 2.75) is 19.5 Å². The Hall–Kier alpha value is -1.52. The molecule has 0 saturated heterocycles. The van der Waals surface area contributed by atoms with Crippen LogP contribution in [0.5, 0.6) is 11.5 Å². The highest BCUT2D eigenvalue weighted by Gasteiger charge is 2.15. The number of thiophene rings is 1. The maximum Gasteiger partial charge on any atom is 0.161 e. The number of rotatable bonds is 4. The number of nitrogens with zero attached hydrogens (tertiary/aromatic N) is 1. The smallest absolute Gasteiger partial charge is 0.161 e. The van der Waals surface area contributed by atoms with Gasteiger partial charge in [0.05, 0.1) is 0 Å². The van der Waals surface area contributed by atoms with Gasteiger partial charge in [0, 0.05) is 17.5 Å². The van der Waals surface area contributed by atoms with Gasteiger partial charge in [0.2, 0.25) is 0 Å². The van der Waals surface area contributed by atoms with Gasteiger partial charge in [0.1, 0.15) is 13.2 Å². The van der Waals surface area contributed by atoms with Crippen molar-refractivity contribution in [3.8, 4) is 11.5 Å². The standard InChI is InChI=1S/C16H19NO2S/c1-12(16-4-3-9-20-16)17(2)11-13-5-6-14-15(10-13)19-8-7-18-14/h3-6,9-10,12H,7-8,11H2,1-2H3. The van der Waals surface area contributed by atoms with Crippen LogP contribution in [0.25, 0.3) is 0 Å². The lowest BCUT2D eigenvalue weighted by molar-refractivity contribution is 0.171. The molecule has 1 aromatic heterocycles. The minimum Gasteiger partial charge on any atom is -0.486 e. The molecule has 2 heterocycles. The molecule has 0 spiro atoms. The van der Waals surface area contributed by atoms with Crippen LogP contribution < -0.4 is 9.47 Å². The molecule has 0 saturated carbocycles. The van der Waals surface area contributed by atoms with Crippen molar-refractivity contribution in [3.05, 3.63) is 46.2 Å². The molecule has 0 aliphatic carbocycles. The van der Waals surface area contributed by atoms with Gasteiger partial charge in [0.25, 0.3) is 0 Å². The number of hydrogen-bond acceptors (Lipinski definition) is 4. The van der Waals surface area contributed by atoms with E-state index in [4.69, 9.17) is 9.47 Å². The van der Waals surface area contributed by atoms with Gasteiger partial charge in [-0.3, -0.25) is 4.90 Å². The minimum absolute atomic E-state index is 0.420. The van der Waals surface area contributed by atoms with Gasteiger partial charge in [-0.2, -0.15) is 0 Å². The van der Waals surface area contributed by atoms with Crippen molar-refractivity contribution in [3.63, 3.8) is 0 Å². The molecule has 1 aromatic carbocycles. The number of hydrogen-bond donors (Lipinski definition) is 0. The van der Waals surface area contributed by atoms with E-state index >= 15 is 0 Å². The second-order valence-electron chi connectivity index (χ2n) is 5.08. The molecular weight excluding hydrogens is 270 g/mol. The maximum absolute atomic E-state index is 5.64. The summed E-state index contributed by atoms with van der Waals surface area (Å²) in [7, 11) is 2.15. The molecule has 0 amide bonds. The summed E-state index contributed by atoms with van der Waals surface area (Å²) in [6.07, 6.45) is 0. The highest BCUT2D eigenvalue weighted by atomic mass is 32.1. The molecule has 0 N–H and O–H groups in total. The summed E-state index contributed by atoms with van der Waals surface area (Å²) in [5.41, 5.74) is 1.25. The van der Waals surface area contributed by atoms with Gasteiger partial charge in [-0.1, -0.05) is 12.1 Å². The second kappa shape index (κ2) is 5.85. The largest absolute Gasteiger partial charge is 0.486 e. The lowest BCUT2D eigenvalue weighted by Gasteiger charge is -2.25. The second-order valence-corrected chi connectivity index (χ2v) is 6.06. The first kappa shape index (κ1) is 13.5. The highest BCUT2D eigenvalue weighted by Crippen LogP contribution is 2.32. The summed E-state index contributed by atoms with van der Waals surface area (Å²) in [4.78, 5) is 3.74. The summed E-state index contributed by atoms with van der Waals surface area (Å²) >= 11 is 1.81. The van der Waals surface area contributed by atoms with Gasteiger partial charge in [-0.15, -0.1) is 11.3 Å². The fourth-order valence-corrected chi connectivity index (χ4v) is 3.21. The van der Waals surface area contributed by atoms with Gasteiger partial charge in [-0.05, 0) is 43.1 Å². The van der Waals surface area contributed by atoms with Crippen molar-refractivity contribution in [1.29, 1.82) is 0 Å². The molecule has 3 nitrogen and oxygen atoms in total. The first-order chi connectivity index (χ1) is 9.74. The van der Waals surface area contributed by atoms with Gasteiger partial charge in [0.15, 0.2) is 11.5 Å². The summed E-state index contributed by atoms with van der Waals surface area (Å²) in [5.74, 6) is 1.72. The zero-order chi connectivity index (χ0) is 13.9. The molecule has 0 bridgehead atoms. The predicted octanol–water partition coefficient (Wildman–Crippen LogP) is 3.71. The number of ether oxygens (including phenoxy) is 2. The Bertz CT molecular complexity index is 568. The number of benzene rings is 1. The van der Waals surface area contributed by atoms with Crippen LogP contribution in [0.3, 0.4) is 0 Å². The molecule has 106 valence electrons. The van der Waals surface area contributed by atoms with Crippen LogP contribution in [0.2, 0.25) is 0 Å². The maximum atomic E-state index is 5.64. The van der Waals surface area contributed by atoms with E-state index in [0.29, 0.717) is 19.3 Å². The average Bonchev–Trinajstić information content (AvgIpc) is 3.00. The topological polar surface area (TPSA) is 21.7 Å². The van der Waals surface area contributed by atoms with Gasteiger partial charge in [-0.25, -0.2) is 0 Å². The van der Waals surface area contributed by atoms with E-state index in [1.54, 1.807) is 11.3 Å². The first-order valence-corrected chi connectivity index (χ1v) is 7.74. The van der Waals surface area contributed by atoms with Crippen LogP contribution in [0.4, 0.5) is 0 Å². The minimum atomic E-state index is 0.420. The lowest BCUT2D eigenvalue weighted by atomic mass is 10.1. The lowest BCUT2D eigenvalue weighted by Crippen LogP contribution is -2.21. The third-order valence-corrected chi connectivity index (χ3v) is 4.70. The fourth-order valence-electron chi connectivity index (χ4n) is 2.36. The fraction of sp³-hybridized carbons (Fsp3) is 0.375. The molecule has 1 unspecified atom stereocenters. The highest BCUT2D eigenvalue weighted by molar-refractivity contribution is 7.10. The molecule has 20 heavy (non-hydrogen) atoms. The van der Waals surface area contributed by atoms with Crippen molar-refractivity contribution in [2.24, 2.45) is 0 Å². The van der Waals surface area contributed by atoms with E-state index in [0.717, 1.165) is 18.0 Å². The van der Waals surface area contributed by atoms with E-state index in [9.17, 15) is 0 Å². The SMILES string of the molecule is CC(c1cccs1)N(C)Cc1ccc2c(c1)OCCO2. The third kappa shape index (κ3) is 2.81. The molecule has 0 radical (unpaired) electrons. The zero-order valence-corrected chi connectivity index (χ0v) is 12.7. The zero-order valence-electron chi connectivity index (χ0n) is 11.8. The van der Waals surface area contributed by atoms with Gasteiger partial charge < -0.3 is 9.47 Å². The van der Waals surface area contributed by atoms with Crippen molar-refractivity contribution in [2.75, 3.05) is 20.3 Å². The molecule has 3 rings (SSSR count). The Labute approximate surface area is 123 Å². The van der Waals surface area contributed by atoms with Crippen LogP contribution in [-0.4, -0.2) is 25.2 Å². The molecule has 4 heteroatoms. The van der Waals surface area contributed by atoms with Crippen molar-refractivity contribution < 1.29 is 9.47 Å². The molecule has 1 aliphatic heterocycles. The van der Waals surface area contributed by atoms with Crippen LogP contribution in [0.15, 0.2) is 35.7 Å². The van der Waals surface area contributed by atoms with Crippen LogP contribution in [0, 0.1) is 0 Å². The van der Waals surface area contributed by atoms with E-state index in [-0.39, 0.29) is 0 Å². The van der Waals surface area contributed by atoms with E-state index in [1.165, 1.54) is 10.4 Å². The van der Waals surface area contributed by atoms with Crippen molar-refractivity contribution in [1.82, 2.24) is 4.90 Å². The van der Waals surface area contributed by atoms with E-state index in [1.807, 2.05) is 6.07 Å². The van der Waals surface area contributed by atoms with E-state index < -0.39 is 0 Å². The Balaban J connectivity index is 1.71. The Morgan fingerprint density at radius 2 is 2.00 bits per heavy atom. The van der Waals surface area contributed by atoms with E-state index in [2.05, 4.69) is 48.5 Å². The third-order valence-electron chi connectivity index (χ3n) is 3.65. The Morgan fingerprint density at radius 1 is 1.20 bits per heavy atom. The van der Waals surface area contributed by atoms with Crippen LogP contribution in [0.1, 0.15) is 23.4 Å². The summed E-state index contributed by atoms with van der Waals surface area (Å²) in [6.45, 7) is 4.42. The summed E-state index contributed by atoms with van der Waals surface area (Å²) < 4.78 is 11.2. The quantitative estimate of drug-likeness (QED) is 0.856. The summed E-state index contributed by atoms with van der Waals surface area (Å²) in [5, 5.41) is 2.13. The average molecular weight is 289 g/mol. The molecule has 1 atom stereocenters. The molecule has 2 aromatic rings. The first-order valence-electron chi connectivity index (χ1n) is 6.86. The molecule has 1 aliphatic rings. The normalized spacial score (nSPS) is 15.3. The van der Waals surface area contributed by atoms with Crippen LogP contribution in [-0.2, 0) is 6.54 Å². The Kier molecular flexibility index (Phi) is 3.94. The molecule has 0 fully saturated rings. The summed E-state index contributed by atoms with van der Waals surface area (Å²) in [6, 6.07) is 10.9. The molecular formula is C16H19NO2S. The van der Waals surface area contributed by atoms with Crippen molar-refractivity contribution >= 4 is 11.3 Å².